The summed E-state index contributed by atoms with van der Waals surface area (Å²) in [6.45, 7) is 5.97. The predicted molar refractivity (Wildman–Crippen MR) is 120 cm³/mol. The van der Waals surface area contributed by atoms with Gasteiger partial charge in [0.2, 0.25) is 0 Å². The van der Waals surface area contributed by atoms with E-state index >= 15 is 0 Å². The Labute approximate surface area is 190 Å². The van der Waals surface area contributed by atoms with E-state index in [1.807, 2.05) is 13.8 Å². The smallest absolute Gasteiger partial charge is 0.185 e. The van der Waals surface area contributed by atoms with Gasteiger partial charge in [0.05, 0.1) is 18.3 Å². The minimum Gasteiger partial charge on any atom is -0.468 e. The van der Waals surface area contributed by atoms with Gasteiger partial charge in [0, 0.05) is 30.3 Å². The number of ketones is 3. The number of ether oxygens (including phenoxy) is 1. The first-order chi connectivity index (χ1) is 15.2. The van der Waals surface area contributed by atoms with Gasteiger partial charge in [0.25, 0.3) is 0 Å². The van der Waals surface area contributed by atoms with Crippen molar-refractivity contribution in [2.75, 3.05) is 0 Å². The number of aliphatic hydroxyl groups is 2. The van der Waals surface area contributed by atoms with E-state index in [9.17, 15) is 24.6 Å². The number of hydrogen-bond donors (Lipinski definition) is 2. The van der Waals surface area contributed by atoms with Crippen molar-refractivity contribution in [3.63, 3.8) is 0 Å². The predicted octanol–water partition coefficient (Wildman–Crippen LogP) is 3.81. The maximum Gasteiger partial charge on any atom is 0.185 e. The lowest BCUT2D eigenvalue weighted by Crippen LogP contribution is -2.38. The third-order valence-corrected chi connectivity index (χ3v) is 7.09. The van der Waals surface area contributed by atoms with E-state index in [0.29, 0.717) is 23.3 Å². The summed E-state index contributed by atoms with van der Waals surface area (Å²) in [6, 6.07) is 0. The second kappa shape index (κ2) is 10.7. The SMILES string of the molecule is CCCCCC[C@H](C)C(=O)C[C@H]1C2=COC([C@@H]3C(=O)C[C@@H](O)C[C@H]3C)=CC2=CC(=O)[C@@H]1O. The molecule has 3 aliphatic rings. The molecule has 1 fully saturated rings. The van der Waals surface area contributed by atoms with Crippen LogP contribution in [0.4, 0.5) is 0 Å². The van der Waals surface area contributed by atoms with E-state index in [-0.39, 0.29) is 36.2 Å². The molecule has 6 heteroatoms. The lowest BCUT2D eigenvalue weighted by atomic mass is 9.73. The number of fused-ring (bicyclic) bond motifs is 1. The van der Waals surface area contributed by atoms with Gasteiger partial charge in [-0.1, -0.05) is 46.5 Å². The molecule has 2 N–H and O–H groups in total. The molecular formula is C26H36O6. The fourth-order valence-corrected chi connectivity index (χ4v) is 5.11. The molecule has 6 atom stereocenters. The molecule has 0 spiro atoms. The molecule has 1 heterocycles. The first-order valence-electron chi connectivity index (χ1n) is 12.0. The van der Waals surface area contributed by atoms with Crippen molar-refractivity contribution in [1.29, 1.82) is 0 Å². The molecule has 0 amide bonds. The van der Waals surface area contributed by atoms with Gasteiger partial charge in [-0.15, -0.1) is 0 Å². The van der Waals surface area contributed by atoms with Crippen molar-refractivity contribution in [3.8, 4) is 0 Å². The molecule has 0 saturated heterocycles. The third kappa shape index (κ3) is 5.46. The van der Waals surface area contributed by atoms with Crippen LogP contribution in [0.5, 0.6) is 0 Å². The molecule has 0 aromatic heterocycles. The Morgan fingerprint density at radius 2 is 1.94 bits per heavy atom. The molecule has 3 rings (SSSR count). The van der Waals surface area contributed by atoms with E-state index < -0.39 is 29.8 Å². The second-order valence-corrected chi connectivity index (χ2v) is 9.73. The first kappa shape index (κ1) is 24.6. The van der Waals surface area contributed by atoms with E-state index in [4.69, 9.17) is 4.74 Å². The van der Waals surface area contributed by atoms with Gasteiger partial charge in [-0.3, -0.25) is 14.4 Å². The zero-order valence-corrected chi connectivity index (χ0v) is 19.4. The van der Waals surface area contributed by atoms with Crippen molar-refractivity contribution in [1.82, 2.24) is 0 Å². The van der Waals surface area contributed by atoms with Gasteiger partial charge in [-0.25, -0.2) is 0 Å². The summed E-state index contributed by atoms with van der Waals surface area (Å²) in [5, 5.41) is 20.4. The molecule has 1 saturated carbocycles. The monoisotopic (exact) mass is 444 g/mol. The van der Waals surface area contributed by atoms with Crippen LogP contribution < -0.4 is 0 Å². The van der Waals surface area contributed by atoms with Gasteiger partial charge in [0.15, 0.2) is 5.78 Å². The molecule has 0 unspecified atom stereocenters. The highest BCUT2D eigenvalue weighted by atomic mass is 16.5. The van der Waals surface area contributed by atoms with Crippen LogP contribution in [0.1, 0.15) is 72.1 Å². The molecule has 176 valence electrons. The largest absolute Gasteiger partial charge is 0.468 e. The Bertz CT molecular complexity index is 835. The summed E-state index contributed by atoms with van der Waals surface area (Å²) in [5.74, 6) is -1.32. The highest BCUT2D eigenvalue weighted by Crippen LogP contribution is 2.41. The van der Waals surface area contributed by atoms with Crippen LogP contribution in [0.3, 0.4) is 0 Å². The molecule has 0 bridgehead atoms. The van der Waals surface area contributed by atoms with Crippen LogP contribution in [-0.4, -0.2) is 39.8 Å². The number of unbranched alkanes of at least 4 members (excludes halogenated alkanes) is 3. The second-order valence-electron chi connectivity index (χ2n) is 9.73. The highest BCUT2D eigenvalue weighted by Gasteiger charge is 2.41. The van der Waals surface area contributed by atoms with E-state index in [0.717, 1.165) is 32.1 Å². The van der Waals surface area contributed by atoms with Gasteiger partial charge >= 0.3 is 0 Å². The van der Waals surface area contributed by atoms with Gasteiger partial charge in [-0.2, -0.15) is 0 Å². The summed E-state index contributed by atoms with van der Waals surface area (Å²) in [4.78, 5) is 37.8. The van der Waals surface area contributed by atoms with Gasteiger partial charge in [0.1, 0.15) is 23.4 Å². The first-order valence-corrected chi connectivity index (χ1v) is 12.0. The van der Waals surface area contributed by atoms with Crippen molar-refractivity contribution in [2.24, 2.45) is 23.7 Å². The van der Waals surface area contributed by atoms with Crippen molar-refractivity contribution < 1.29 is 29.3 Å². The standard InChI is InChI=1S/C26H36O6/c1-4-5-6-7-8-15(2)21(28)13-19-20-14-32-24(11-17(20)10-23(30)26(19)31)25-16(3)9-18(27)12-22(25)29/h10-11,14-16,18-19,25-27,31H,4-9,12-13H2,1-3H3/t15-,16+,18-,19-,25-,26+/m0/s1. The third-order valence-electron chi connectivity index (χ3n) is 7.09. The van der Waals surface area contributed by atoms with Crippen molar-refractivity contribution in [2.45, 2.75) is 84.3 Å². The summed E-state index contributed by atoms with van der Waals surface area (Å²) < 4.78 is 5.83. The van der Waals surface area contributed by atoms with Crippen LogP contribution in [0.25, 0.3) is 0 Å². The topological polar surface area (TPSA) is 101 Å². The number of hydrogen-bond acceptors (Lipinski definition) is 6. The molecule has 2 aliphatic carbocycles. The van der Waals surface area contributed by atoms with Crippen LogP contribution in [0, 0.1) is 23.7 Å². The summed E-state index contributed by atoms with van der Waals surface area (Å²) >= 11 is 0. The quantitative estimate of drug-likeness (QED) is 0.525. The molecule has 6 nitrogen and oxygen atoms in total. The number of carbonyl (C=O) groups excluding carboxylic acids is 3. The Balaban J connectivity index is 1.72. The van der Waals surface area contributed by atoms with Crippen molar-refractivity contribution in [3.05, 3.63) is 35.3 Å². The molecule has 0 aromatic carbocycles. The number of aliphatic hydroxyl groups excluding tert-OH is 2. The summed E-state index contributed by atoms with van der Waals surface area (Å²) in [6.07, 6.45) is 8.56. The maximum atomic E-state index is 12.8. The van der Waals surface area contributed by atoms with Gasteiger partial charge < -0.3 is 14.9 Å². The van der Waals surface area contributed by atoms with Crippen LogP contribution in [-0.2, 0) is 19.1 Å². The molecule has 0 aromatic rings. The fraction of sp³-hybridized carbons (Fsp3) is 0.654. The zero-order valence-electron chi connectivity index (χ0n) is 19.4. The number of carbonyl (C=O) groups is 3. The minimum absolute atomic E-state index is 0.0420. The Morgan fingerprint density at radius 1 is 1.19 bits per heavy atom. The fourth-order valence-electron chi connectivity index (χ4n) is 5.11. The Hall–Kier alpha value is -2.05. The average Bonchev–Trinajstić information content (AvgIpc) is 2.73. The van der Waals surface area contributed by atoms with Crippen molar-refractivity contribution >= 4 is 17.3 Å². The normalized spacial score (nSPS) is 31.2. The highest BCUT2D eigenvalue weighted by molar-refractivity contribution is 5.98. The van der Waals surface area contributed by atoms with E-state index in [1.54, 1.807) is 6.08 Å². The molecule has 0 radical (unpaired) electrons. The number of Topliss-reactive ketones (excluding diaryl/α,β-unsaturated/α-hetero) is 2. The van der Waals surface area contributed by atoms with E-state index in [1.165, 1.54) is 12.3 Å². The van der Waals surface area contributed by atoms with E-state index in [2.05, 4.69) is 6.92 Å². The molecule has 32 heavy (non-hydrogen) atoms. The van der Waals surface area contributed by atoms with Crippen LogP contribution in [0.15, 0.2) is 35.3 Å². The van der Waals surface area contributed by atoms with Crippen LogP contribution >= 0.6 is 0 Å². The molecule has 1 aliphatic heterocycles. The average molecular weight is 445 g/mol. The Kier molecular flexibility index (Phi) is 8.23. The van der Waals surface area contributed by atoms with Gasteiger partial charge in [-0.05, 0) is 36.5 Å². The lowest BCUT2D eigenvalue weighted by molar-refractivity contribution is -0.130. The minimum atomic E-state index is -1.27. The maximum absolute atomic E-state index is 12.8. The summed E-state index contributed by atoms with van der Waals surface area (Å²) in [5.41, 5.74) is 1.23. The number of rotatable bonds is 9. The lowest BCUT2D eigenvalue weighted by Gasteiger charge is -2.35. The van der Waals surface area contributed by atoms with Crippen LogP contribution in [0.2, 0.25) is 0 Å². The zero-order chi connectivity index (χ0) is 23.4. The molecular weight excluding hydrogens is 408 g/mol. The number of allylic oxidation sites excluding steroid dienone is 3. The summed E-state index contributed by atoms with van der Waals surface area (Å²) in [7, 11) is 0. The Morgan fingerprint density at radius 3 is 2.62 bits per heavy atom.